The third-order valence-electron chi connectivity index (χ3n) is 1.92. The topological polar surface area (TPSA) is 55.5 Å². The largest absolute Gasteiger partial charge is 0.394 e. The number of hydrogen-bond acceptors (Lipinski definition) is 3. The monoisotopic (exact) mass is 181 g/mol. The van der Waals surface area contributed by atoms with E-state index in [2.05, 4.69) is 0 Å². The minimum Gasteiger partial charge on any atom is -0.394 e. The SMILES string of the molecule is COCc1ccc([C@H](N)CO)cc1. The van der Waals surface area contributed by atoms with E-state index in [-0.39, 0.29) is 12.6 Å². The van der Waals surface area contributed by atoms with Crippen LogP contribution < -0.4 is 5.73 Å². The van der Waals surface area contributed by atoms with Crippen LogP contribution in [0.3, 0.4) is 0 Å². The van der Waals surface area contributed by atoms with Gasteiger partial charge in [-0.25, -0.2) is 0 Å². The molecule has 0 fully saturated rings. The first-order valence-electron chi connectivity index (χ1n) is 4.22. The van der Waals surface area contributed by atoms with Crippen LogP contribution >= 0.6 is 0 Å². The summed E-state index contributed by atoms with van der Waals surface area (Å²) in [6.07, 6.45) is 0. The Balaban J connectivity index is 2.69. The summed E-state index contributed by atoms with van der Waals surface area (Å²) < 4.78 is 4.97. The molecule has 3 nitrogen and oxygen atoms in total. The van der Waals surface area contributed by atoms with E-state index < -0.39 is 0 Å². The minimum atomic E-state index is -0.281. The highest BCUT2D eigenvalue weighted by Gasteiger charge is 2.02. The van der Waals surface area contributed by atoms with E-state index in [1.807, 2.05) is 24.3 Å². The first-order chi connectivity index (χ1) is 6.27. The molecule has 3 heteroatoms. The van der Waals surface area contributed by atoms with E-state index in [9.17, 15) is 0 Å². The molecular formula is C10H15NO2. The summed E-state index contributed by atoms with van der Waals surface area (Å²) in [6.45, 7) is 0.582. The summed E-state index contributed by atoms with van der Waals surface area (Å²) in [5.41, 5.74) is 7.69. The maximum absolute atomic E-state index is 8.81. The van der Waals surface area contributed by atoms with Crippen molar-refractivity contribution in [3.05, 3.63) is 35.4 Å². The van der Waals surface area contributed by atoms with Gasteiger partial charge < -0.3 is 15.6 Å². The van der Waals surface area contributed by atoms with Crippen LogP contribution in [0, 0.1) is 0 Å². The number of ether oxygens (including phenoxy) is 1. The number of hydrogen-bond donors (Lipinski definition) is 2. The van der Waals surface area contributed by atoms with Gasteiger partial charge in [-0.1, -0.05) is 24.3 Å². The van der Waals surface area contributed by atoms with Crippen LogP contribution in [0.5, 0.6) is 0 Å². The Bertz CT molecular complexity index is 246. The van der Waals surface area contributed by atoms with E-state index >= 15 is 0 Å². The van der Waals surface area contributed by atoms with E-state index in [1.54, 1.807) is 7.11 Å². The maximum atomic E-state index is 8.81. The molecule has 0 aromatic heterocycles. The molecule has 1 atom stereocenters. The Morgan fingerprint density at radius 2 is 2.00 bits per heavy atom. The van der Waals surface area contributed by atoms with Crippen molar-refractivity contribution in [3.63, 3.8) is 0 Å². The van der Waals surface area contributed by atoms with Crippen molar-refractivity contribution in [3.8, 4) is 0 Å². The van der Waals surface area contributed by atoms with Crippen LogP contribution in [0.2, 0.25) is 0 Å². The van der Waals surface area contributed by atoms with Gasteiger partial charge in [0.05, 0.1) is 19.3 Å². The van der Waals surface area contributed by atoms with Crippen molar-refractivity contribution in [2.24, 2.45) is 5.73 Å². The smallest absolute Gasteiger partial charge is 0.0713 e. The second kappa shape index (κ2) is 4.97. The van der Waals surface area contributed by atoms with Gasteiger partial charge in [-0.3, -0.25) is 0 Å². The molecular weight excluding hydrogens is 166 g/mol. The van der Waals surface area contributed by atoms with Gasteiger partial charge >= 0.3 is 0 Å². The molecule has 1 rings (SSSR count). The van der Waals surface area contributed by atoms with E-state index in [0.717, 1.165) is 11.1 Å². The molecule has 0 saturated heterocycles. The van der Waals surface area contributed by atoms with Crippen molar-refractivity contribution in [1.82, 2.24) is 0 Å². The molecule has 0 amide bonds. The molecule has 1 aromatic rings. The fourth-order valence-electron chi connectivity index (χ4n) is 1.13. The van der Waals surface area contributed by atoms with Gasteiger partial charge in [-0.15, -0.1) is 0 Å². The third kappa shape index (κ3) is 2.81. The summed E-state index contributed by atoms with van der Waals surface area (Å²) >= 11 is 0. The second-order valence-electron chi connectivity index (χ2n) is 2.96. The Kier molecular flexibility index (Phi) is 3.89. The van der Waals surface area contributed by atoms with E-state index in [0.29, 0.717) is 6.61 Å². The van der Waals surface area contributed by atoms with Crippen LogP contribution in [0.15, 0.2) is 24.3 Å². The van der Waals surface area contributed by atoms with Crippen LogP contribution in [0.4, 0.5) is 0 Å². The highest BCUT2D eigenvalue weighted by molar-refractivity contribution is 5.24. The van der Waals surface area contributed by atoms with Gasteiger partial charge in [0.25, 0.3) is 0 Å². The second-order valence-corrected chi connectivity index (χ2v) is 2.96. The molecule has 0 bridgehead atoms. The molecule has 0 aliphatic rings. The molecule has 0 aliphatic carbocycles. The summed E-state index contributed by atoms with van der Waals surface area (Å²) in [6, 6.07) is 7.45. The quantitative estimate of drug-likeness (QED) is 0.723. The van der Waals surface area contributed by atoms with Crippen molar-refractivity contribution in [1.29, 1.82) is 0 Å². The fraction of sp³-hybridized carbons (Fsp3) is 0.400. The van der Waals surface area contributed by atoms with Crippen molar-refractivity contribution < 1.29 is 9.84 Å². The van der Waals surface area contributed by atoms with Gasteiger partial charge in [0, 0.05) is 7.11 Å². The van der Waals surface area contributed by atoms with Crippen LogP contribution in [-0.4, -0.2) is 18.8 Å². The molecule has 13 heavy (non-hydrogen) atoms. The first kappa shape index (κ1) is 10.2. The number of aliphatic hydroxyl groups is 1. The number of nitrogens with two attached hydrogens (primary N) is 1. The van der Waals surface area contributed by atoms with Gasteiger partial charge in [-0.2, -0.15) is 0 Å². The van der Waals surface area contributed by atoms with E-state index in [4.69, 9.17) is 15.6 Å². The number of aliphatic hydroxyl groups excluding tert-OH is 1. The van der Waals surface area contributed by atoms with Gasteiger partial charge in [0.15, 0.2) is 0 Å². The number of benzene rings is 1. The fourth-order valence-corrected chi connectivity index (χ4v) is 1.13. The zero-order valence-corrected chi connectivity index (χ0v) is 7.73. The molecule has 72 valence electrons. The summed E-state index contributed by atoms with van der Waals surface area (Å²) in [5.74, 6) is 0. The number of rotatable bonds is 4. The zero-order chi connectivity index (χ0) is 9.68. The predicted molar refractivity (Wildman–Crippen MR) is 51.2 cm³/mol. The lowest BCUT2D eigenvalue weighted by molar-refractivity contribution is 0.185. The molecule has 0 spiro atoms. The molecule has 0 unspecified atom stereocenters. The van der Waals surface area contributed by atoms with Crippen LogP contribution in [-0.2, 0) is 11.3 Å². The average Bonchev–Trinajstić information content (AvgIpc) is 2.18. The molecule has 3 N–H and O–H groups in total. The molecule has 0 aliphatic heterocycles. The Labute approximate surface area is 78.1 Å². The molecule has 0 radical (unpaired) electrons. The average molecular weight is 181 g/mol. The maximum Gasteiger partial charge on any atom is 0.0713 e. The molecule has 1 aromatic carbocycles. The van der Waals surface area contributed by atoms with Crippen molar-refractivity contribution in [2.45, 2.75) is 12.6 Å². The zero-order valence-electron chi connectivity index (χ0n) is 7.73. The van der Waals surface area contributed by atoms with Crippen molar-refractivity contribution in [2.75, 3.05) is 13.7 Å². The number of methoxy groups -OCH3 is 1. The lowest BCUT2D eigenvalue weighted by Crippen LogP contribution is -2.14. The summed E-state index contributed by atoms with van der Waals surface area (Å²) in [5, 5.41) is 8.81. The predicted octanol–water partition coefficient (Wildman–Crippen LogP) is 0.825. The minimum absolute atomic E-state index is 0.0242. The molecule has 0 saturated carbocycles. The first-order valence-corrected chi connectivity index (χ1v) is 4.22. The van der Waals surface area contributed by atoms with Gasteiger partial charge in [0.1, 0.15) is 0 Å². The lowest BCUT2D eigenvalue weighted by atomic mass is 10.1. The van der Waals surface area contributed by atoms with Gasteiger partial charge in [-0.05, 0) is 11.1 Å². The lowest BCUT2D eigenvalue weighted by Gasteiger charge is -2.08. The van der Waals surface area contributed by atoms with Gasteiger partial charge in [0.2, 0.25) is 0 Å². The Morgan fingerprint density at radius 1 is 1.38 bits per heavy atom. The standard InChI is InChI=1S/C10H15NO2/c1-13-7-8-2-4-9(5-3-8)10(11)6-12/h2-5,10,12H,6-7,11H2,1H3/t10-/m1/s1. The van der Waals surface area contributed by atoms with Crippen LogP contribution in [0.25, 0.3) is 0 Å². The third-order valence-corrected chi connectivity index (χ3v) is 1.92. The Hall–Kier alpha value is -0.900. The van der Waals surface area contributed by atoms with Crippen LogP contribution in [0.1, 0.15) is 17.2 Å². The highest BCUT2D eigenvalue weighted by atomic mass is 16.5. The summed E-state index contributed by atoms with van der Waals surface area (Å²) in [7, 11) is 1.66. The normalized spacial score (nSPS) is 12.8. The van der Waals surface area contributed by atoms with Crippen molar-refractivity contribution >= 4 is 0 Å². The molecule has 0 heterocycles. The summed E-state index contributed by atoms with van der Waals surface area (Å²) in [4.78, 5) is 0. The highest BCUT2D eigenvalue weighted by Crippen LogP contribution is 2.11. The van der Waals surface area contributed by atoms with E-state index in [1.165, 1.54) is 0 Å². The Morgan fingerprint density at radius 3 is 2.46 bits per heavy atom.